The number of hydrogen-bond donors (Lipinski definition) is 2. The zero-order valence-electron chi connectivity index (χ0n) is 16.0. The highest BCUT2D eigenvalue weighted by Gasteiger charge is 2.27. The van der Waals surface area contributed by atoms with Crippen LogP contribution in [-0.4, -0.2) is 41.6 Å². The highest BCUT2D eigenvalue weighted by atomic mass is 16.2. The predicted molar refractivity (Wildman–Crippen MR) is 104 cm³/mol. The van der Waals surface area contributed by atoms with Crippen molar-refractivity contribution in [3.63, 3.8) is 0 Å². The average molecular weight is 386 g/mol. The Labute approximate surface area is 159 Å². The summed E-state index contributed by atoms with van der Waals surface area (Å²) in [4.78, 5) is 49.2. The molecule has 0 aliphatic rings. The van der Waals surface area contributed by atoms with E-state index in [0.717, 1.165) is 12.1 Å². The van der Waals surface area contributed by atoms with Crippen molar-refractivity contribution in [2.24, 2.45) is 0 Å². The molecule has 11 heteroatoms. The average Bonchev–Trinajstić information content (AvgIpc) is 3.10. The summed E-state index contributed by atoms with van der Waals surface area (Å²) in [7, 11) is 0. The fourth-order valence-corrected chi connectivity index (χ4v) is 2.90. The van der Waals surface area contributed by atoms with E-state index in [1.807, 2.05) is 13.8 Å². The van der Waals surface area contributed by atoms with Gasteiger partial charge < -0.3 is 5.73 Å². The third kappa shape index (κ3) is 3.26. The minimum atomic E-state index is -0.733. The molecule has 0 saturated carbocycles. The number of aromatic amines is 1. The van der Waals surface area contributed by atoms with Crippen LogP contribution in [0.25, 0.3) is 5.78 Å². The molecule has 0 bridgehead atoms. The van der Waals surface area contributed by atoms with Crippen molar-refractivity contribution in [3.8, 4) is 0 Å². The van der Waals surface area contributed by atoms with E-state index in [0.29, 0.717) is 13.0 Å². The number of nitrogens with one attached hydrogen (secondary N) is 1. The minimum absolute atomic E-state index is 0.0598. The molecule has 0 fully saturated rings. The molecule has 3 aromatic heterocycles. The lowest BCUT2D eigenvalue weighted by atomic mass is 10.3. The van der Waals surface area contributed by atoms with Gasteiger partial charge in [-0.25, -0.2) is 14.3 Å². The molecule has 0 saturated heterocycles. The molecule has 3 heterocycles. The maximum absolute atomic E-state index is 13.0. The Bertz CT molecular complexity index is 1140. The summed E-state index contributed by atoms with van der Waals surface area (Å²) in [5, 5.41) is 4.19. The third-order valence-corrected chi connectivity index (χ3v) is 4.40. The van der Waals surface area contributed by atoms with Crippen LogP contribution in [0.5, 0.6) is 0 Å². The summed E-state index contributed by atoms with van der Waals surface area (Å²) in [5.41, 5.74) is 5.44. The Morgan fingerprint density at radius 3 is 2.71 bits per heavy atom. The predicted octanol–water partition coefficient (Wildman–Crippen LogP) is 0.332. The first-order valence-corrected chi connectivity index (χ1v) is 9.01. The molecule has 0 atom stereocenters. The summed E-state index contributed by atoms with van der Waals surface area (Å²) < 4.78 is 2.70. The number of carbonyl (C=O) groups excluding carboxylic acids is 1. The van der Waals surface area contributed by atoms with Gasteiger partial charge in [-0.15, -0.1) is 5.10 Å². The van der Waals surface area contributed by atoms with Gasteiger partial charge in [0.1, 0.15) is 5.82 Å². The highest BCUT2D eigenvalue weighted by molar-refractivity contribution is 6.05. The number of hydrogen-bond acceptors (Lipinski definition) is 7. The topological polar surface area (TPSA) is 144 Å². The maximum atomic E-state index is 13.0. The molecule has 0 aromatic carbocycles. The molecule has 0 aliphatic carbocycles. The largest absolute Gasteiger partial charge is 0.383 e. The summed E-state index contributed by atoms with van der Waals surface area (Å²) >= 11 is 0. The number of H-pyrrole nitrogens is 1. The molecule has 0 radical (unpaired) electrons. The van der Waals surface area contributed by atoms with E-state index >= 15 is 0 Å². The SMILES string of the molecule is CCCCn1c(N)c(N(CC)C(=O)c2nc3nccc(C)n3n2)c(=O)[nH]c1=O. The maximum Gasteiger partial charge on any atom is 0.330 e. The van der Waals surface area contributed by atoms with Gasteiger partial charge in [-0.1, -0.05) is 13.3 Å². The van der Waals surface area contributed by atoms with Crippen LogP contribution in [-0.2, 0) is 6.54 Å². The number of nitrogens with zero attached hydrogens (tertiary/aromatic N) is 6. The fourth-order valence-electron chi connectivity index (χ4n) is 2.90. The summed E-state index contributed by atoms with van der Waals surface area (Å²) in [6.07, 6.45) is 3.11. The standard InChI is InChI=1S/C17H22N8O3/c1-4-6-9-24-12(18)11(14(26)21-17(24)28)23(5-2)15(27)13-20-16-19-8-7-10(3)25(16)22-13/h7-8H,4-6,9,18H2,1-3H3,(H,21,26,28). The number of carbonyl (C=O) groups is 1. The first-order valence-electron chi connectivity index (χ1n) is 9.01. The number of fused-ring (bicyclic) bond motifs is 1. The first-order chi connectivity index (χ1) is 13.4. The second-order valence-electron chi connectivity index (χ2n) is 6.28. The number of anilines is 2. The van der Waals surface area contributed by atoms with Gasteiger partial charge in [0.25, 0.3) is 17.2 Å². The van der Waals surface area contributed by atoms with E-state index in [-0.39, 0.29) is 29.7 Å². The molecule has 0 spiro atoms. The number of aryl methyl sites for hydroxylation is 1. The molecule has 1 amide bonds. The zero-order chi connectivity index (χ0) is 20.4. The quantitative estimate of drug-likeness (QED) is 0.621. The highest BCUT2D eigenvalue weighted by Crippen LogP contribution is 2.19. The molecule has 3 N–H and O–H groups in total. The first kappa shape index (κ1) is 19.3. The molecular weight excluding hydrogens is 364 g/mol. The lowest BCUT2D eigenvalue weighted by molar-refractivity contribution is 0.0978. The zero-order valence-corrected chi connectivity index (χ0v) is 16.0. The molecule has 28 heavy (non-hydrogen) atoms. The molecule has 3 aromatic rings. The van der Waals surface area contributed by atoms with Gasteiger partial charge in [-0.3, -0.25) is 24.0 Å². The van der Waals surface area contributed by atoms with E-state index in [4.69, 9.17) is 5.73 Å². The number of nitrogen functional groups attached to an aromatic ring is 1. The number of unbranched alkanes of at least 4 members (excludes halogenated alkanes) is 1. The van der Waals surface area contributed by atoms with Gasteiger partial charge in [-0.2, -0.15) is 4.98 Å². The molecule has 0 aliphatic heterocycles. The van der Waals surface area contributed by atoms with Crippen LogP contribution in [0.1, 0.15) is 43.0 Å². The van der Waals surface area contributed by atoms with Crippen molar-refractivity contribution in [2.75, 3.05) is 17.2 Å². The Kier molecular flexibility index (Phi) is 5.25. The number of aromatic nitrogens is 6. The summed E-state index contributed by atoms with van der Waals surface area (Å²) in [6, 6.07) is 1.74. The molecule has 11 nitrogen and oxygen atoms in total. The van der Waals surface area contributed by atoms with E-state index in [2.05, 4.69) is 20.1 Å². The van der Waals surface area contributed by atoms with Crippen LogP contribution < -0.4 is 21.9 Å². The molecule has 148 valence electrons. The Morgan fingerprint density at radius 1 is 1.32 bits per heavy atom. The smallest absolute Gasteiger partial charge is 0.330 e. The molecular formula is C17H22N8O3. The minimum Gasteiger partial charge on any atom is -0.383 e. The lowest BCUT2D eigenvalue weighted by Gasteiger charge is -2.21. The van der Waals surface area contributed by atoms with Crippen LogP contribution in [0.3, 0.4) is 0 Å². The fraction of sp³-hybridized carbons (Fsp3) is 0.412. The van der Waals surface area contributed by atoms with E-state index in [9.17, 15) is 14.4 Å². The van der Waals surface area contributed by atoms with Gasteiger partial charge in [-0.05, 0) is 26.3 Å². The Morgan fingerprint density at radius 2 is 2.07 bits per heavy atom. The van der Waals surface area contributed by atoms with Crippen molar-refractivity contribution in [3.05, 3.63) is 44.6 Å². The van der Waals surface area contributed by atoms with Crippen molar-refractivity contribution >= 4 is 23.2 Å². The van der Waals surface area contributed by atoms with Crippen LogP contribution in [0.2, 0.25) is 0 Å². The number of amides is 1. The molecule has 0 unspecified atom stereocenters. The normalized spacial score (nSPS) is 11.1. The Balaban J connectivity index is 2.09. The number of nitrogens with two attached hydrogens (primary N) is 1. The second kappa shape index (κ2) is 7.62. The third-order valence-electron chi connectivity index (χ3n) is 4.40. The summed E-state index contributed by atoms with van der Waals surface area (Å²) in [6.45, 7) is 5.95. The lowest BCUT2D eigenvalue weighted by Crippen LogP contribution is -2.41. The van der Waals surface area contributed by atoms with Crippen molar-refractivity contribution < 1.29 is 4.79 Å². The van der Waals surface area contributed by atoms with Crippen molar-refractivity contribution in [2.45, 2.75) is 40.2 Å². The Hall–Kier alpha value is -3.50. The van der Waals surface area contributed by atoms with Gasteiger partial charge in [0.05, 0.1) is 0 Å². The van der Waals surface area contributed by atoms with Gasteiger partial charge in [0.15, 0.2) is 5.69 Å². The summed E-state index contributed by atoms with van der Waals surface area (Å²) in [5.74, 6) is -0.510. The van der Waals surface area contributed by atoms with Gasteiger partial charge in [0.2, 0.25) is 5.82 Å². The van der Waals surface area contributed by atoms with Crippen LogP contribution in [0.15, 0.2) is 21.9 Å². The monoisotopic (exact) mass is 386 g/mol. The molecule has 3 rings (SSSR count). The number of rotatable bonds is 6. The van der Waals surface area contributed by atoms with Crippen molar-refractivity contribution in [1.29, 1.82) is 0 Å². The van der Waals surface area contributed by atoms with Crippen LogP contribution in [0.4, 0.5) is 11.5 Å². The van der Waals surface area contributed by atoms with Gasteiger partial charge in [0, 0.05) is 25.0 Å². The van der Waals surface area contributed by atoms with Crippen LogP contribution in [0, 0.1) is 6.92 Å². The van der Waals surface area contributed by atoms with E-state index < -0.39 is 17.2 Å². The van der Waals surface area contributed by atoms with Crippen LogP contribution >= 0.6 is 0 Å². The van der Waals surface area contributed by atoms with Gasteiger partial charge >= 0.3 is 5.69 Å². The second-order valence-corrected chi connectivity index (χ2v) is 6.28. The van der Waals surface area contributed by atoms with E-state index in [1.54, 1.807) is 19.2 Å². The van der Waals surface area contributed by atoms with Crippen molar-refractivity contribution in [1.82, 2.24) is 29.1 Å². The van der Waals surface area contributed by atoms with E-state index in [1.165, 1.54) is 14.0 Å².